The van der Waals surface area contributed by atoms with Crippen LogP contribution in [0.15, 0.2) is 48.5 Å². The van der Waals surface area contributed by atoms with Gasteiger partial charge in [0.1, 0.15) is 5.75 Å². The largest absolute Gasteiger partial charge is 0.493 e. The van der Waals surface area contributed by atoms with Gasteiger partial charge in [0.05, 0.1) is 27.0 Å². The number of benzene rings is 2. The third-order valence-corrected chi connectivity index (χ3v) is 6.48. The van der Waals surface area contributed by atoms with Crippen molar-refractivity contribution in [3.8, 4) is 34.3 Å². The normalized spacial score (nSPS) is 13.5. The van der Waals surface area contributed by atoms with Gasteiger partial charge in [0.15, 0.2) is 23.9 Å². The lowest BCUT2D eigenvalue weighted by Gasteiger charge is -2.35. The van der Waals surface area contributed by atoms with E-state index in [4.69, 9.17) is 18.9 Å². The Labute approximate surface area is 217 Å². The summed E-state index contributed by atoms with van der Waals surface area (Å²) in [5.41, 5.74) is 2.74. The Kier molecular flexibility index (Phi) is 8.32. The quantitative estimate of drug-likeness (QED) is 0.430. The molecule has 0 atom stereocenters. The van der Waals surface area contributed by atoms with Gasteiger partial charge >= 0.3 is 0 Å². The smallest absolute Gasteiger partial charge is 0.260 e. The third-order valence-electron chi connectivity index (χ3n) is 6.48. The predicted molar refractivity (Wildman–Crippen MR) is 142 cm³/mol. The highest BCUT2D eigenvalue weighted by Gasteiger charge is 2.23. The molecule has 37 heavy (non-hydrogen) atoms. The highest BCUT2D eigenvalue weighted by atomic mass is 16.5. The SMILES string of the molecule is COc1cc(-c2ccc(N3CCN(C(=O)COc4ccc(C(C)C)cc4)CC3)nn2)cc(OC)c1OC. The zero-order valence-electron chi connectivity index (χ0n) is 22.1. The summed E-state index contributed by atoms with van der Waals surface area (Å²) in [5.74, 6) is 3.56. The molecular weight excluding hydrogens is 472 g/mol. The van der Waals surface area contributed by atoms with Gasteiger partial charge in [0.2, 0.25) is 5.75 Å². The number of rotatable bonds is 9. The second-order valence-corrected chi connectivity index (χ2v) is 9.07. The molecule has 2 aromatic carbocycles. The van der Waals surface area contributed by atoms with Gasteiger partial charge in [-0.3, -0.25) is 4.79 Å². The maximum absolute atomic E-state index is 12.7. The van der Waals surface area contributed by atoms with Crippen molar-refractivity contribution in [2.75, 3.05) is 59.0 Å². The van der Waals surface area contributed by atoms with Gasteiger partial charge in [0.25, 0.3) is 5.91 Å². The summed E-state index contributed by atoms with van der Waals surface area (Å²) in [6.07, 6.45) is 0. The van der Waals surface area contributed by atoms with Crippen LogP contribution in [0.4, 0.5) is 5.82 Å². The van der Waals surface area contributed by atoms with E-state index >= 15 is 0 Å². The molecule has 1 aromatic heterocycles. The number of hydrogen-bond acceptors (Lipinski definition) is 8. The molecule has 196 valence electrons. The Bertz CT molecular complexity index is 1170. The molecule has 0 unspecified atom stereocenters. The lowest BCUT2D eigenvalue weighted by atomic mass is 10.0. The van der Waals surface area contributed by atoms with Crippen LogP contribution in [0.25, 0.3) is 11.3 Å². The van der Waals surface area contributed by atoms with Crippen molar-refractivity contribution >= 4 is 11.7 Å². The van der Waals surface area contributed by atoms with Crippen molar-refractivity contribution in [2.24, 2.45) is 0 Å². The van der Waals surface area contributed by atoms with Crippen LogP contribution in [-0.4, -0.2) is 75.1 Å². The van der Waals surface area contributed by atoms with Crippen molar-refractivity contribution in [2.45, 2.75) is 19.8 Å². The predicted octanol–water partition coefficient (Wildman–Crippen LogP) is 4.02. The molecule has 4 rings (SSSR count). The van der Waals surface area contributed by atoms with Crippen molar-refractivity contribution < 1.29 is 23.7 Å². The fraction of sp³-hybridized carbons (Fsp3) is 0.393. The number of anilines is 1. The molecule has 0 N–H and O–H groups in total. The van der Waals surface area contributed by atoms with Gasteiger partial charge in [-0.15, -0.1) is 10.2 Å². The molecule has 3 aromatic rings. The number of hydrogen-bond donors (Lipinski definition) is 0. The van der Waals surface area contributed by atoms with E-state index in [1.807, 2.05) is 53.4 Å². The first-order valence-electron chi connectivity index (χ1n) is 12.3. The number of nitrogens with zero attached hydrogens (tertiary/aromatic N) is 4. The summed E-state index contributed by atoms with van der Waals surface area (Å²) < 4.78 is 22.0. The summed E-state index contributed by atoms with van der Waals surface area (Å²) in [6, 6.07) is 15.5. The zero-order chi connectivity index (χ0) is 26.4. The van der Waals surface area contributed by atoms with Gasteiger partial charge < -0.3 is 28.7 Å². The molecule has 1 fully saturated rings. The molecule has 0 aliphatic carbocycles. The molecule has 0 radical (unpaired) electrons. The first-order valence-corrected chi connectivity index (χ1v) is 12.3. The maximum atomic E-state index is 12.7. The minimum atomic E-state index is -0.0172. The van der Waals surface area contributed by atoms with Gasteiger partial charge in [-0.2, -0.15) is 0 Å². The van der Waals surface area contributed by atoms with Gasteiger partial charge in [-0.05, 0) is 47.9 Å². The number of carbonyl (C=O) groups excluding carboxylic acids is 1. The van der Waals surface area contributed by atoms with Gasteiger partial charge in [-0.25, -0.2) is 0 Å². The summed E-state index contributed by atoms with van der Waals surface area (Å²) in [5, 5.41) is 8.85. The number of aromatic nitrogens is 2. The first kappa shape index (κ1) is 26.1. The van der Waals surface area contributed by atoms with E-state index in [-0.39, 0.29) is 12.5 Å². The van der Waals surface area contributed by atoms with Crippen LogP contribution in [0.3, 0.4) is 0 Å². The summed E-state index contributed by atoms with van der Waals surface area (Å²) in [7, 11) is 4.73. The van der Waals surface area contributed by atoms with Crippen LogP contribution in [0.5, 0.6) is 23.0 Å². The highest BCUT2D eigenvalue weighted by molar-refractivity contribution is 5.78. The van der Waals surface area contributed by atoms with Crippen molar-refractivity contribution in [1.82, 2.24) is 15.1 Å². The van der Waals surface area contributed by atoms with Crippen molar-refractivity contribution in [1.29, 1.82) is 0 Å². The van der Waals surface area contributed by atoms with Crippen LogP contribution in [0, 0.1) is 0 Å². The Balaban J connectivity index is 1.33. The van der Waals surface area contributed by atoms with E-state index in [0.717, 1.165) is 11.4 Å². The number of piperazine rings is 1. The van der Waals surface area contributed by atoms with Crippen LogP contribution >= 0.6 is 0 Å². The Morgan fingerprint density at radius 1 is 0.865 bits per heavy atom. The van der Waals surface area contributed by atoms with E-state index in [1.165, 1.54) is 5.56 Å². The highest BCUT2D eigenvalue weighted by Crippen LogP contribution is 2.40. The molecule has 9 heteroatoms. The monoisotopic (exact) mass is 506 g/mol. The van der Waals surface area contributed by atoms with Crippen LogP contribution in [-0.2, 0) is 4.79 Å². The van der Waals surface area contributed by atoms with Gasteiger partial charge in [0, 0.05) is 31.7 Å². The molecular formula is C28H34N4O5. The number of amides is 1. The van der Waals surface area contributed by atoms with E-state index in [2.05, 4.69) is 28.9 Å². The number of carbonyl (C=O) groups is 1. The topological polar surface area (TPSA) is 86.3 Å². The molecule has 1 aliphatic heterocycles. The minimum absolute atomic E-state index is 0.0172. The van der Waals surface area contributed by atoms with Crippen molar-refractivity contribution in [3.63, 3.8) is 0 Å². The molecule has 1 amide bonds. The molecule has 9 nitrogen and oxygen atoms in total. The summed E-state index contributed by atoms with van der Waals surface area (Å²) in [4.78, 5) is 16.6. The van der Waals surface area contributed by atoms with E-state index in [1.54, 1.807) is 21.3 Å². The fourth-order valence-electron chi connectivity index (χ4n) is 4.25. The lowest BCUT2D eigenvalue weighted by Crippen LogP contribution is -2.50. The molecule has 0 bridgehead atoms. The Hall–Kier alpha value is -4.01. The molecule has 1 saturated heterocycles. The molecule has 2 heterocycles. The molecule has 1 aliphatic rings. The van der Waals surface area contributed by atoms with E-state index < -0.39 is 0 Å². The standard InChI is InChI=1S/C28H34N4O5/c1-19(2)20-6-8-22(9-7-20)37-18-27(33)32-14-12-31(13-15-32)26-11-10-23(29-30-26)21-16-24(34-3)28(36-5)25(17-21)35-4/h6-11,16-17,19H,12-15,18H2,1-5H3. The van der Waals surface area contributed by atoms with Crippen molar-refractivity contribution in [3.05, 3.63) is 54.1 Å². The molecule has 0 spiro atoms. The van der Waals surface area contributed by atoms with Crippen LogP contribution in [0.1, 0.15) is 25.3 Å². The maximum Gasteiger partial charge on any atom is 0.260 e. The summed E-state index contributed by atoms with van der Waals surface area (Å²) >= 11 is 0. The number of ether oxygens (including phenoxy) is 4. The second kappa shape index (κ2) is 11.8. The molecule has 0 saturated carbocycles. The number of methoxy groups -OCH3 is 3. The second-order valence-electron chi connectivity index (χ2n) is 9.07. The minimum Gasteiger partial charge on any atom is -0.493 e. The van der Waals surface area contributed by atoms with Crippen LogP contribution in [0.2, 0.25) is 0 Å². The zero-order valence-corrected chi connectivity index (χ0v) is 22.1. The Morgan fingerprint density at radius 3 is 2.03 bits per heavy atom. The lowest BCUT2D eigenvalue weighted by molar-refractivity contribution is -0.133. The average Bonchev–Trinajstić information content (AvgIpc) is 2.95. The van der Waals surface area contributed by atoms with E-state index in [9.17, 15) is 4.79 Å². The fourth-order valence-corrected chi connectivity index (χ4v) is 4.25. The van der Waals surface area contributed by atoms with Gasteiger partial charge in [-0.1, -0.05) is 26.0 Å². The van der Waals surface area contributed by atoms with E-state index in [0.29, 0.717) is 60.8 Å². The van der Waals surface area contributed by atoms with Crippen LogP contribution < -0.4 is 23.8 Å². The summed E-state index contributed by atoms with van der Waals surface area (Å²) in [6.45, 7) is 6.88. The third kappa shape index (κ3) is 6.04. The first-order chi connectivity index (χ1) is 17.9. The Morgan fingerprint density at radius 2 is 1.51 bits per heavy atom. The average molecular weight is 507 g/mol.